The molecule has 0 spiro atoms. The molecule has 1 aliphatic carbocycles. The number of halogens is 1. The third kappa shape index (κ3) is 3.79. The Labute approximate surface area is 145 Å². The highest BCUT2D eigenvalue weighted by molar-refractivity contribution is 6.39. The normalized spacial score (nSPS) is 14.5. The van der Waals surface area contributed by atoms with Crippen LogP contribution in [0.25, 0.3) is 0 Å². The minimum atomic E-state index is -0.751. The van der Waals surface area contributed by atoms with Crippen LogP contribution in [-0.2, 0) is 15.0 Å². The molecule has 0 aliphatic heterocycles. The van der Waals surface area contributed by atoms with Gasteiger partial charge in [-0.1, -0.05) is 24.3 Å². The highest BCUT2D eigenvalue weighted by Crippen LogP contribution is 2.47. The number of methoxy groups -OCH3 is 1. The highest BCUT2D eigenvalue weighted by Gasteiger charge is 2.44. The second-order valence-corrected chi connectivity index (χ2v) is 6.12. The molecule has 0 aromatic heterocycles. The Morgan fingerprint density at radius 3 is 2.40 bits per heavy atom. The first-order valence-electron chi connectivity index (χ1n) is 8.02. The van der Waals surface area contributed by atoms with Crippen LogP contribution in [0.4, 0.5) is 10.1 Å². The van der Waals surface area contributed by atoms with Crippen LogP contribution in [0.1, 0.15) is 18.4 Å². The Morgan fingerprint density at radius 1 is 1.08 bits per heavy atom. The predicted molar refractivity (Wildman–Crippen MR) is 91.9 cm³/mol. The predicted octanol–water partition coefficient (Wildman–Crippen LogP) is 2.62. The zero-order valence-electron chi connectivity index (χ0n) is 13.8. The average molecular weight is 342 g/mol. The van der Waals surface area contributed by atoms with Crippen LogP contribution < -0.4 is 15.4 Å². The summed E-state index contributed by atoms with van der Waals surface area (Å²) in [5.74, 6) is -1.27. The van der Waals surface area contributed by atoms with Crippen molar-refractivity contribution in [2.75, 3.05) is 19.0 Å². The number of hydrogen-bond acceptors (Lipinski definition) is 3. The summed E-state index contributed by atoms with van der Waals surface area (Å²) in [6.07, 6.45) is 1.79. The average Bonchev–Trinajstić information content (AvgIpc) is 3.41. The number of anilines is 1. The Morgan fingerprint density at radius 2 is 1.76 bits per heavy atom. The number of carbonyl (C=O) groups is 2. The molecule has 1 fully saturated rings. The molecule has 1 aliphatic rings. The lowest BCUT2D eigenvalue weighted by molar-refractivity contribution is -0.136. The molecule has 130 valence electrons. The van der Waals surface area contributed by atoms with Crippen LogP contribution in [0.2, 0.25) is 0 Å². The molecular formula is C19H19FN2O3. The van der Waals surface area contributed by atoms with Gasteiger partial charge in [0.25, 0.3) is 0 Å². The molecule has 0 radical (unpaired) electrons. The van der Waals surface area contributed by atoms with Gasteiger partial charge in [0.05, 0.1) is 12.8 Å². The van der Waals surface area contributed by atoms with Gasteiger partial charge in [-0.15, -0.1) is 0 Å². The van der Waals surface area contributed by atoms with Crippen molar-refractivity contribution in [1.82, 2.24) is 5.32 Å². The molecule has 25 heavy (non-hydrogen) atoms. The van der Waals surface area contributed by atoms with Gasteiger partial charge in [0.15, 0.2) is 0 Å². The smallest absolute Gasteiger partial charge is 0.313 e. The minimum absolute atomic E-state index is 0.200. The molecule has 0 bridgehead atoms. The van der Waals surface area contributed by atoms with E-state index in [2.05, 4.69) is 10.6 Å². The Hall–Kier alpha value is -2.89. The fraction of sp³-hybridized carbons (Fsp3) is 0.263. The van der Waals surface area contributed by atoms with E-state index >= 15 is 0 Å². The van der Waals surface area contributed by atoms with Crippen molar-refractivity contribution < 1.29 is 18.7 Å². The number of rotatable bonds is 5. The lowest BCUT2D eigenvalue weighted by Crippen LogP contribution is -2.39. The maximum absolute atomic E-state index is 13.1. The maximum Gasteiger partial charge on any atom is 0.313 e. The largest absolute Gasteiger partial charge is 0.495 e. The molecule has 2 aromatic carbocycles. The Bertz CT molecular complexity index is 786. The standard InChI is InChI=1S/C19H19FN2O3/c1-25-16-5-3-2-4-15(16)22-18(24)17(23)21-12-19(10-11-19)13-6-8-14(20)9-7-13/h2-9H,10-12H2,1H3,(H,21,23)(H,22,24). The van der Waals surface area contributed by atoms with Gasteiger partial charge in [-0.2, -0.15) is 0 Å². The van der Waals surface area contributed by atoms with Crippen LogP contribution in [0.5, 0.6) is 5.75 Å². The van der Waals surface area contributed by atoms with Crippen LogP contribution in [0, 0.1) is 5.82 Å². The molecule has 3 rings (SSSR count). The molecule has 6 heteroatoms. The SMILES string of the molecule is COc1ccccc1NC(=O)C(=O)NCC1(c2ccc(F)cc2)CC1. The molecular weight excluding hydrogens is 323 g/mol. The van der Waals surface area contributed by atoms with E-state index in [4.69, 9.17) is 4.74 Å². The first-order valence-corrected chi connectivity index (χ1v) is 8.02. The van der Waals surface area contributed by atoms with Crippen LogP contribution in [0.15, 0.2) is 48.5 Å². The summed E-state index contributed by atoms with van der Waals surface area (Å²) in [6.45, 7) is 0.344. The van der Waals surface area contributed by atoms with Crippen molar-refractivity contribution in [3.63, 3.8) is 0 Å². The molecule has 0 unspecified atom stereocenters. The summed E-state index contributed by atoms with van der Waals surface area (Å²) in [5.41, 5.74) is 1.21. The summed E-state index contributed by atoms with van der Waals surface area (Å²) >= 11 is 0. The highest BCUT2D eigenvalue weighted by atomic mass is 19.1. The lowest BCUT2D eigenvalue weighted by atomic mass is 9.96. The second-order valence-electron chi connectivity index (χ2n) is 6.12. The third-order valence-corrected chi connectivity index (χ3v) is 4.46. The number of para-hydroxylation sites is 2. The van der Waals surface area contributed by atoms with Gasteiger partial charge in [-0.25, -0.2) is 4.39 Å². The molecule has 1 saturated carbocycles. The molecule has 0 heterocycles. The van der Waals surface area contributed by atoms with Crippen molar-refractivity contribution in [3.8, 4) is 5.75 Å². The van der Waals surface area contributed by atoms with Crippen molar-refractivity contribution >= 4 is 17.5 Å². The van der Waals surface area contributed by atoms with Crippen LogP contribution in [-0.4, -0.2) is 25.5 Å². The summed E-state index contributed by atoms with van der Waals surface area (Å²) in [7, 11) is 1.49. The van der Waals surface area contributed by atoms with E-state index in [0.717, 1.165) is 18.4 Å². The van der Waals surface area contributed by atoms with Gasteiger partial charge in [-0.3, -0.25) is 9.59 Å². The number of amides is 2. The topological polar surface area (TPSA) is 67.4 Å². The van der Waals surface area contributed by atoms with E-state index in [0.29, 0.717) is 18.0 Å². The fourth-order valence-electron chi connectivity index (χ4n) is 2.78. The van der Waals surface area contributed by atoms with Crippen molar-refractivity contribution in [2.45, 2.75) is 18.3 Å². The van der Waals surface area contributed by atoms with Crippen molar-refractivity contribution in [1.29, 1.82) is 0 Å². The van der Waals surface area contributed by atoms with Gasteiger partial charge in [0.1, 0.15) is 11.6 Å². The van der Waals surface area contributed by atoms with Gasteiger partial charge in [0.2, 0.25) is 0 Å². The van der Waals surface area contributed by atoms with E-state index in [9.17, 15) is 14.0 Å². The molecule has 0 atom stereocenters. The van der Waals surface area contributed by atoms with Crippen LogP contribution >= 0.6 is 0 Å². The van der Waals surface area contributed by atoms with E-state index in [1.807, 2.05) is 0 Å². The van der Waals surface area contributed by atoms with Gasteiger partial charge < -0.3 is 15.4 Å². The second kappa shape index (κ2) is 6.93. The minimum Gasteiger partial charge on any atom is -0.495 e. The molecule has 2 N–H and O–H groups in total. The number of ether oxygens (including phenoxy) is 1. The first kappa shape index (κ1) is 17.0. The van der Waals surface area contributed by atoms with E-state index in [1.54, 1.807) is 36.4 Å². The monoisotopic (exact) mass is 342 g/mol. The summed E-state index contributed by atoms with van der Waals surface area (Å²) < 4.78 is 18.2. The quantitative estimate of drug-likeness (QED) is 0.821. The number of hydrogen-bond donors (Lipinski definition) is 2. The van der Waals surface area contributed by atoms with E-state index < -0.39 is 11.8 Å². The first-order chi connectivity index (χ1) is 12.0. The molecule has 2 aromatic rings. The zero-order chi connectivity index (χ0) is 17.9. The Balaban J connectivity index is 1.59. The van der Waals surface area contributed by atoms with E-state index in [-0.39, 0.29) is 11.2 Å². The van der Waals surface area contributed by atoms with Gasteiger partial charge in [-0.05, 0) is 42.7 Å². The fourth-order valence-corrected chi connectivity index (χ4v) is 2.78. The summed E-state index contributed by atoms with van der Waals surface area (Å²) in [4.78, 5) is 24.2. The molecule has 2 amide bonds. The van der Waals surface area contributed by atoms with Gasteiger partial charge in [0, 0.05) is 12.0 Å². The summed E-state index contributed by atoms with van der Waals surface area (Å²) in [5, 5.41) is 5.21. The zero-order valence-corrected chi connectivity index (χ0v) is 13.8. The lowest BCUT2D eigenvalue weighted by Gasteiger charge is -2.16. The number of carbonyl (C=O) groups excluding carboxylic acids is 2. The summed E-state index contributed by atoms with van der Waals surface area (Å²) in [6, 6.07) is 13.1. The maximum atomic E-state index is 13.1. The number of nitrogens with one attached hydrogen (secondary N) is 2. The molecule has 5 nitrogen and oxygen atoms in total. The number of benzene rings is 2. The van der Waals surface area contributed by atoms with E-state index in [1.165, 1.54) is 19.2 Å². The molecule has 0 saturated heterocycles. The van der Waals surface area contributed by atoms with Crippen molar-refractivity contribution in [2.24, 2.45) is 0 Å². The van der Waals surface area contributed by atoms with Crippen molar-refractivity contribution in [3.05, 3.63) is 59.9 Å². The third-order valence-electron chi connectivity index (χ3n) is 4.46. The van der Waals surface area contributed by atoms with Crippen LogP contribution in [0.3, 0.4) is 0 Å². The van der Waals surface area contributed by atoms with Gasteiger partial charge >= 0.3 is 11.8 Å². The Kier molecular flexibility index (Phi) is 4.70.